The van der Waals surface area contributed by atoms with Crippen molar-refractivity contribution in [2.45, 2.75) is 26.4 Å². The van der Waals surface area contributed by atoms with E-state index in [-0.39, 0.29) is 29.1 Å². The highest BCUT2D eigenvalue weighted by molar-refractivity contribution is 7.14. The van der Waals surface area contributed by atoms with Crippen molar-refractivity contribution in [1.29, 1.82) is 0 Å². The van der Waals surface area contributed by atoms with E-state index in [0.29, 0.717) is 36.3 Å². The van der Waals surface area contributed by atoms with Crippen LogP contribution in [0.15, 0.2) is 59.4 Å². The number of fused-ring (bicyclic) bond motifs is 3. The highest BCUT2D eigenvalue weighted by Crippen LogP contribution is 2.31. The summed E-state index contributed by atoms with van der Waals surface area (Å²) < 4.78 is 58.1. The zero-order chi connectivity index (χ0) is 35.4. The number of rotatable bonds is 2. The van der Waals surface area contributed by atoms with Gasteiger partial charge in [0.15, 0.2) is 0 Å². The molecule has 0 atom stereocenters. The molecule has 0 spiro atoms. The van der Waals surface area contributed by atoms with E-state index < -0.39 is 5.60 Å². The Morgan fingerprint density at radius 1 is 0.720 bits per heavy atom. The van der Waals surface area contributed by atoms with E-state index in [1.807, 2.05) is 26.8 Å². The summed E-state index contributed by atoms with van der Waals surface area (Å²) >= 11 is 3.82. The van der Waals surface area contributed by atoms with E-state index in [1.165, 1.54) is 59.5 Å². The second-order valence-electron chi connectivity index (χ2n) is 12.7. The largest absolute Gasteiger partial charge is 0.444 e. The van der Waals surface area contributed by atoms with E-state index in [9.17, 15) is 22.8 Å². The van der Waals surface area contributed by atoms with Gasteiger partial charge in [-0.3, -0.25) is 9.17 Å². The molecule has 10 nitrogen and oxygen atoms in total. The third-order valence-electron chi connectivity index (χ3n) is 7.92. The number of carbonyl (C=O) groups excluding carboxylic acids is 1. The molecular weight excluding hydrogens is 708 g/mol. The van der Waals surface area contributed by atoms with Crippen LogP contribution < -0.4 is 20.7 Å². The molecule has 3 aromatic carbocycles. The second-order valence-corrected chi connectivity index (χ2v) is 15.1. The van der Waals surface area contributed by atoms with Crippen molar-refractivity contribution < 1.29 is 22.7 Å². The van der Waals surface area contributed by atoms with Gasteiger partial charge < -0.3 is 24.8 Å². The zero-order valence-electron chi connectivity index (χ0n) is 27.7. The Labute approximate surface area is 298 Å². The van der Waals surface area contributed by atoms with Crippen LogP contribution in [0, 0.1) is 17.5 Å². The Bertz CT molecular complexity index is 2150. The molecule has 264 valence electrons. The van der Waals surface area contributed by atoms with Crippen molar-refractivity contribution in [1.82, 2.24) is 23.3 Å². The molecule has 2 aliphatic heterocycles. The molecule has 0 unspecified atom stereocenters. The van der Waals surface area contributed by atoms with Gasteiger partial charge in [0.1, 0.15) is 34.7 Å². The lowest BCUT2D eigenvalue weighted by Gasteiger charge is -2.35. The van der Waals surface area contributed by atoms with Gasteiger partial charge in [0.05, 0.1) is 19.5 Å². The SMILES string of the molecule is CC(C)(C)OC(=O)N1CCN(c2nsc3cc(F)ccc23)CC1.Fc1ccc2c(N3CCNCC3)nsc2c1.O=c1[nH]sc2cc(F)ccc12. The number of H-pyrrole nitrogens is 1. The van der Waals surface area contributed by atoms with Crippen LogP contribution in [0.3, 0.4) is 0 Å². The molecule has 0 saturated carbocycles. The summed E-state index contributed by atoms with van der Waals surface area (Å²) in [5, 5.41) is 5.88. The number of nitrogens with zero attached hydrogens (tertiary/aromatic N) is 5. The number of anilines is 2. The van der Waals surface area contributed by atoms with Gasteiger partial charge >= 0.3 is 6.09 Å². The predicted octanol–water partition coefficient (Wildman–Crippen LogP) is 7.07. The fraction of sp³-hybridized carbons (Fsp3) is 0.353. The predicted molar refractivity (Wildman–Crippen MR) is 197 cm³/mol. The van der Waals surface area contributed by atoms with E-state index in [0.717, 1.165) is 69.5 Å². The molecule has 3 aromatic heterocycles. The van der Waals surface area contributed by atoms with Gasteiger partial charge in [0, 0.05) is 63.1 Å². The number of aromatic nitrogens is 3. The minimum atomic E-state index is -0.483. The number of aromatic amines is 1. The van der Waals surface area contributed by atoms with E-state index >= 15 is 0 Å². The average Bonchev–Trinajstić information content (AvgIpc) is 3.81. The Hall–Kier alpha value is -4.25. The molecule has 16 heteroatoms. The topological polar surface area (TPSA) is 107 Å². The van der Waals surface area contributed by atoms with Crippen LogP contribution in [0.1, 0.15) is 20.8 Å². The standard InChI is InChI=1S/C16H20FN3O2S.C11H12FN3S.C7H4FNOS/c1-16(2,3)22-15(21)20-8-6-19(7-9-20)14-12-5-4-11(17)10-13(12)23-18-14;12-8-1-2-9-10(7-8)16-14-11(9)15-5-3-13-4-6-15;8-4-1-2-5-6(3-4)11-9-7(5)10/h4-5,10H,6-9H2,1-3H3;1-2,7,13H,3-6H2;1-3H,(H,9,10). The first-order valence-corrected chi connectivity index (χ1v) is 18.4. The maximum Gasteiger partial charge on any atom is 0.410 e. The maximum atomic E-state index is 13.3. The summed E-state index contributed by atoms with van der Waals surface area (Å²) in [6.07, 6.45) is -0.276. The first-order chi connectivity index (χ1) is 23.9. The van der Waals surface area contributed by atoms with E-state index in [2.05, 4.69) is 28.2 Å². The van der Waals surface area contributed by atoms with E-state index in [4.69, 9.17) is 4.74 Å². The molecule has 0 bridgehead atoms. The Balaban J connectivity index is 0.000000139. The average molecular weight is 744 g/mol. The van der Waals surface area contributed by atoms with Crippen LogP contribution in [-0.2, 0) is 4.74 Å². The summed E-state index contributed by atoms with van der Waals surface area (Å²) in [5.41, 5.74) is -0.631. The van der Waals surface area contributed by atoms with Crippen molar-refractivity contribution in [3.8, 4) is 0 Å². The maximum absolute atomic E-state index is 13.3. The van der Waals surface area contributed by atoms with Crippen molar-refractivity contribution in [2.24, 2.45) is 0 Å². The van der Waals surface area contributed by atoms with Crippen LogP contribution >= 0.6 is 34.6 Å². The van der Waals surface area contributed by atoms with Gasteiger partial charge in [-0.1, -0.05) is 11.5 Å². The summed E-state index contributed by atoms with van der Waals surface area (Å²) in [6.45, 7) is 12.1. The van der Waals surface area contributed by atoms with Gasteiger partial charge in [-0.2, -0.15) is 8.75 Å². The molecule has 5 heterocycles. The van der Waals surface area contributed by atoms with Crippen LogP contribution in [0.4, 0.5) is 29.6 Å². The molecule has 8 rings (SSSR count). The minimum Gasteiger partial charge on any atom is -0.444 e. The first-order valence-electron chi connectivity index (χ1n) is 16.0. The monoisotopic (exact) mass is 743 g/mol. The third kappa shape index (κ3) is 8.54. The smallest absolute Gasteiger partial charge is 0.410 e. The summed E-state index contributed by atoms with van der Waals surface area (Å²) in [6, 6.07) is 13.7. The number of hydrogen-bond donors (Lipinski definition) is 2. The number of nitrogens with one attached hydrogen (secondary N) is 2. The fourth-order valence-electron chi connectivity index (χ4n) is 5.48. The van der Waals surface area contributed by atoms with Crippen molar-refractivity contribution in [2.75, 3.05) is 62.2 Å². The van der Waals surface area contributed by atoms with Gasteiger partial charge in [-0.05, 0) is 98.4 Å². The summed E-state index contributed by atoms with van der Waals surface area (Å²) in [7, 11) is 0. The summed E-state index contributed by atoms with van der Waals surface area (Å²) in [5.74, 6) is 1.12. The molecule has 2 aliphatic rings. The molecule has 2 fully saturated rings. The van der Waals surface area contributed by atoms with E-state index in [1.54, 1.807) is 17.0 Å². The highest BCUT2D eigenvalue weighted by atomic mass is 32.1. The normalized spacial score (nSPS) is 15.1. The number of hydrogen-bond acceptors (Lipinski definition) is 11. The summed E-state index contributed by atoms with van der Waals surface area (Å²) in [4.78, 5) is 29.1. The molecule has 0 radical (unpaired) electrons. The lowest BCUT2D eigenvalue weighted by Crippen LogP contribution is -2.50. The number of ether oxygens (including phenoxy) is 1. The number of piperazine rings is 2. The molecule has 6 aromatic rings. The van der Waals surface area contributed by atoms with Gasteiger partial charge in [0.2, 0.25) is 0 Å². The van der Waals surface area contributed by atoms with Crippen molar-refractivity contribution in [3.63, 3.8) is 0 Å². The molecular formula is C34H36F3N7O3S3. The van der Waals surface area contributed by atoms with Crippen molar-refractivity contribution >= 4 is 82.6 Å². The lowest BCUT2D eigenvalue weighted by atomic mass is 10.2. The number of amides is 1. The molecule has 2 N–H and O–H groups in total. The molecule has 0 aliphatic carbocycles. The van der Waals surface area contributed by atoms with Crippen LogP contribution in [0.5, 0.6) is 0 Å². The van der Waals surface area contributed by atoms with Crippen molar-refractivity contribution in [3.05, 3.63) is 82.4 Å². The Morgan fingerprint density at radius 3 is 1.72 bits per heavy atom. The first kappa shape index (κ1) is 35.6. The second kappa shape index (κ2) is 15.3. The van der Waals surface area contributed by atoms with Gasteiger partial charge in [-0.15, -0.1) is 0 Å². The number of halogens is 3. The lowest BCUT2D eigenvalue weighted by molar-refractivity contribution is 0.0240. The van der Waals surface area contributed by atoms with Crippen LogP contribution in [-0.4, -0.2) is 82.1 Å². The van der Waals surface area contributed by atoms with Gasteiger partial charge in [-0.25, -0.2) is 18.0 Å². The Morgan fingerprint density at radius 2 is 1.20 bits per heavy atom. The number of benzene rings is 3. The quantitative estimate of drug-likeness (QED) is 0.194. The third-order valence-corrected chi connectivity index (χ3v) is 10.4. The zero-order valence-corrected chi connectivity index (χ0v) is 30.1. The highest BCUT2D eigenvalue weighted by Gasteiger charge is 2.27. The number of carbonyl (C=O) groups is 1. The molecule has 2 saturated heterocycles. The van der Waals surface area contributed by atoms with Crippen LogP contribution in [0.2, 0.25) is 0 Å². The van der Waals surface area contributed by atoms with Gasteiger partial charge in [0.25, 0.3) is 5.56 Å². The van der Waals surface area contributed by atoms with Crippen LogP contribution in [0.25, 0.3) is 30.3 Å². The minimum absolute atomic E-state index is 0.148. The molecule has 50 heavy (non-hydrogen) atoms. The molecule has 1 amide bonds. The Kier molecular flexibility index (Phi) is 10.9. The fourth-order valence-corrected chi connectivity index (χ4v) is 7.88.